The van der Waals surface area contributed by atoms with Gasteiger partial charge in [-0.05, 0) is 36.5 Å². The molecule has 0 amide bonds. The lowest BCUT2D eigenvalue weighted by atomic mass is 9.96. The minimum Gasteiger partial charge on any atom is -0.493 e. The van der Waals surface area contributed by atoms with Crippen LogP contribution in [0.15, 0.2) is 10.5 Å². The number of nitrogens with two attached hydrogens (primary N) is 1. The quantitative estimate of drug-likeness (QED) is 0.742. The van der Waals surface area contributed by atoms with Gasteiger partial charge in [-0.15, -0.1) is 0 Å². The summed E-state index contributed by atoms with van der Waals surface area (Å²) in [5.74, 6) is 1.13. The van der Waals surface area contributed by atoms with Crippen molar-refractivity contribution >= 4 is 15.9 Å². The van der Waals surface area contributed by atoms with E-state index in [2.05, 4.69) is 22.0 Å². The van der Waals surface area contributed by atoms with Gasteiger partial charge in [0.25, 0.3) is 0 Å². The second-order valence-corrected chi connectivity index (χ2v) is 5.54. The molecule has 2 N–H and O–H groups in total. The summed E-state index contributed by atoms with van der Waals surface area (Å²) < 4.78 is 6.96. The molecule has 1 aromatic rings. The predicted octanol–water partition coefficient (Wildman–Crippen LogP) is 3.11. The first-order valence-electron chi connectivity index (χ1n) is 6.00. The zero-order valence-corrected chi connectivity index (χ0v) is 10.8. The molecule has 0 saturated carbocycles. The Morgan fingerprint density at radius 2 is 2.19 bits per heavy atom. The molecule has 3 rings (SSSR count). The van der Waals surface area contributed by atoms with Crippen LogP contribution >= 0.6 is 15.9 Å². The van der Waals surface area contributed by atoms with Gasteiger partial charge in [-0.1, -0.05) is 22.4 Å². The average Bonchev–Trinajstić information content (AvgIpc) is 2.62. The van der Waals surface area contributed by atoms with Gasteiger partial charge < -0.3 is 10.5 Å². The van der Waals surface area contributed by atoms with Gasteiger partial charge in [-0.2, -0.15) is 0 Å². The minimum absolute atomic E-state index is 0.168. The number of rotatable bonds is 0. The van der Waals surface area contributed by atoms with Crippen LogP contribution in [0.2, 0.25) is 0 Å². The van der Waals surface area contributed by atoms with Crippen LogP contribution in [-0.4, -0.2) is 6.61 Å². The van der Waals surface area contributed by atoms with Crippen LogP contribution in [0.4, 0.5) is 0 Å². The van der Waals surface area contributed by atoms with Gasteiger partial charge in [-0.25, -0.2) is 0 Å². The van der Waals surface area contributed by atoms with Gasteiger partial charge in [0.05, 0.1) is 6.61 Å². The Morgan fingerprint density at radius 3 is 3.06 bits per heavy atom. The van der Waals surface area contributed by atoms with Crippen LogP contribution in [0.25, 0.3) is 0 Å². The second kappa shape index (κ2) is 4.04. The maximum atomic E-state index is 6.26. The fourth-order valence-electron chi connectivity index (χ4n) is 2.84. The Labute approximate surface area is 104 Å². The number of hydrogen-bond donors (Lipinski definition) is 1. The number of hydrogen-bond acceptors (Lipinski definition) is 2. The van der Waals surface area contributed by atoms with Gasteiger partial charge >= 0.3 is 0 Å². The highest BCUT2D eigenvalue weighted by Gasteiger charge is 2.26. The lowest BCUT2D eigenvalue weighted by Gasteiger charge is -2.17. The summed E-state index contributed by atoms with van der Waals surface area (Å²) in [7, 11) is 0. The smallest absolute Gasteiger partial charge is 0.126 e. The van der Waals surface area contributed by atoms with Crippen LogP contribution in [0, 0.1) is 0 Å². The van der Waals surface area contributed by atoms with Crippen LogP contribution in [0.3, 0.4) is 0 Å². The Bertz CT molecular complexity index is 430. The molecular formula is C13H16BrNO. The molecule has 1 atom stereocenters. The zero-order valence-electron chi connectivity index (χ0n) is 9.26. The highest BCUT2D eigenvalue weighted by molar-refractivity contribution is 9.10. The molecule has 1 aromatic carbocycles. The first kappa shape index (κ1) is 10.6. The van der Waals surface area contributed by atoms with Gasteiger partial charge in [0, 0.05) is 22.5 Å². The fraction of sp³-hybridized carbons (Fsp3) is 0.538. The van der Waals surface area contributed by atoms with Crippen LogP contribution in [0.1, 0.15) is 42.0 Å². The normalized spacial score (nSPS) is 23.2. The van der Waals surface area contributed by atoms with Gasteiger partial charge in [0.15, 0.2) is 0 Å². The van der Waals surface area contributed by atoms with Gasteiger partial charge in [0.2, 0.25) is 0 Å². The van der Waals surface area contributed by atoms with Crippen molar-refractivity contribution in [2.45, 2.75) is 38.1 Å². The molecule has 0 unspecified atom stereocenters. The molecule has 2 nitrogen and oxygen atoms in total. The van der Waals surface area contributed by atoms with E-state index in [1.54, 1.807) is 0 Å². The maximum Gasteiger partial charge on any atom is 0.126 e. The zero-order chi connectivity index (χ0) is 11.1. The van der Waals surface area contributed by atoms with Crippen molar-refractivity contribution in [3.05, 3.63) is 27.2 Å². The summed E-state index contributed by atoms with van der Waals surface area (Å²) in [4.78, 5) is 0. The van der Waals surface area contributed by atoms with Crippen LogP contribution < -0.4 is 10.5 Å². The fourth-order valence-corrected chi connectivity index (χ4v) is 3.65. The lowest BCUT2D eigenvalue weighted by Crippen LogP contribution is -2.12. The number of benzene rings is 1. The molecule has 0 fully saturated rings. The van der Waals surface area contributed by atoms with Gasteiger partial charge in [-0.3, -0.25) is 0 Å². The summed E-state index contributed by atoms with van der Waals surface area (Å²) in [6, 6.07) is 2.37. The molecule has 0 saturated heterocycles. The van der Waals surface area contributed by atoms with E-state index in [1.165, 1.54) is 34.0 Å². The molecule has 0 aromatic heterocycles. The van der Waals surface area contributed by atoms with E-state index in [4.69, 9.17) is 10.5 Å². The first-order valence-corrected chi connectivity index (χ1v) is 6.79. The first-order chi connectivity index (χ1) is 7.77. The third-order valence-corrected chi connectivity index (χ3v) is 4.29. The molecule has 86 valence electrons. The van der Waals surface area contributed by atoms with Crippen molar-refractivity contribution in [3.63, 3.8) is 0 Å². The Kier molecular flexibility index (Phi) is 2.68. The number of fused-ring (bicyclic) bond motifs is 3. The molecule has 1 aliphatic heterocycles. The van der Waals surface area contributed by atoms with E-state index < -0.39 is 0 Å². The van der Waals surface area contributed by atoms with E-state index in [1.807, 2.05) is 0 Å². The highest BCUT2D eigenvalue weighted by Crippen LogP contribution is 2.42. The molecule has 1 aliphatic carbocycles. The van der Waals surface area contributed by atoms with Crippen LogP contribution in [-0.2, 0) is 12.8 Å². The second-order valence-electron chi connectivity index (χ2n) is 4.69. The van der Waals surface area contributed by atoms with Crippen LogP contribution in [0.5, 0.6) is 5.75 Å². The number of halogens is 1. The number of ether oxygens (including phenoxy) is 1. The molecule has 0 spiro atoms. The van der Waals surface area contributed by atoms with Crippen molar-refractivity contribution in [3.8, 4) is 5.75 Å². The molecule has 0 radical (unpaired) electrons. The highest BCUT2D eigenvalue weighted by atomic mass is 79.9. The van der Waals surface area contributed by atoms with E-state index in [0.29, 0.717) is 0 Å². The average molecular weight is 282 g/mol. The maximum absolute atomic E-state index is 6.26. The van der Waals surface area contributed by atoms with E-state index in [9.17, 15) is 0 Å². The van der Waals surface area contributed by atoms with Crippen molar-refractivity contribution in [1.82, 2.24) is 0 Å². The summed E-state index contributed by atoms with van der Waals surface area (Å²) in [5, 5.41) is 0. The van der Waals surface area contributed by atoms with E-state index in [0.717, 1.165) is 31.6 Å². The molecule has 1 heterocycles. The third-order valence-electron chi connectivity index (χ3n) is 3.63. The molecular weight excluding hydrogens is 266 g/mol. The van der Waals surface area contributed by atoms with Crippen molar-refractivity contribution < 1.29 is 4.74 Å². The summed E-state index contributed by atoms with van der Waals surface area (Å²) >= 11 is 3.68. The predicted molar refractivity (Wildman–Crippen MR) is 67.8 cm³/mol. The molecule has 2 aliphatic rings. The monoisotopic (exact) mass is 281 g/mol. The third kappa shape index (κ3) is 1.57. The molecule has 0 bridgehead atoms. The standard InChI is InChI=1S/C13H16BrNO/c14-10-7-8-5-6-16-13(8)9-3-1-2-4-11(15)12(9)10/h7,11H,1-6,15H2/t11-/m1/s1. The topological polar surface area (TPSA) is 35.2 Å². The minimum atomic E-state index is 0.168. The summed E-state index contributed by atoms with van der Waals surface area (Å²) in [5.41, 5.74) is 10.3. The van der Waals surface area contributed by atoms with Crippen molar-refractivity contribution in [1.29, 1.82) is 0 Å². The summed E-state index contributed by atoms with van der Waals surface area (Å²) in [6.07, 6.45) is 5.69. The Hall–Kier alpha value is -0.540. The molecule has 16 heavy (non-hydrogen) atoms. The molecule has 3 heteroatoms. The van der Waals surface area contributed by atoms with E-state index >= 15 is 0 Å². The van der Waals surface area contributed by atoms with Gasteiger partial charge in [0.1, 0.15) is 5.75 Å². The van der Waals surface area contributed by atoms with E-state index in [-0.39, 0.29) is 6.04 Å². The lowest BCUT2D eigenvalue weighted by molar-refractivity contribution is 0.353. The largest absolute Gasteiger partial charge is 0.493 e. The SMILES string of the molecule is N[C@@H]1CCCCc2c3c(cc(Br)c21)CCO3. The van der Waals surface area contributed by atoms with Crippen molar-refractivity contribution in [2.75, 3.05) is 6.61 Å². The van der Waals surface area contributed by atoms with Crippen molar-refractivity contribution in [2.24, 2.45) is 5.73 Å². The summed E-state index contributed by atoms with van der Waals surface area (Å²) in [6.45, 7) is 0.827. The Morgan fingerprint density at radius 1 is 1.31 bits per heavy atom. The Balaban J connectivity index is 2.21.